The lowest BCUT2D eigenvalue weighted by molar-refractivity contribution is 0.412. The van der Waals surface area contributed by atoms with Gasteiger partial charge < -0.3 is 10.3 Å². The zero-order valence-corrected chi connectivity index (χ0v) is 10.7. The smallest absolute Gasteiger partial charge is 0.0465 e. The summed E-state index contributed by atoms with van der Waals surface area (Å²) in [4.78, 5) is 3.25. The summed E-state index contributed by atoms with van der Waals surface area (Å²) in [6, 6.07) is 7.23. The predicted molar refractivity (Wildman–Crippen MR) is 70.6 cm³/mol. The highest BCUT2D eigenvalue weighted by Gasteiger charge is 2.15. The van der Waals surface area contributed by atoms with E-state index in [0.29, 0.717) is 6.04 Å². The molecule has 1 fully saturated rings. The molecule has 0 bridgehead atoms. The minimum Gasteiger partial charge on any atom is -0.360 e. The Kier molecular flexibility index (Phi) is 2.74. The molecule has 1 aromatic heterocycles. The SMILES string of the molecule is Brc1c[nH]c2ccc(C3CCCCN3)cc12. The zero-order chi connectivity index (χ0) is 11.0. The molecule has 84 valence electrons. The Hall–Kier alpha value is -0.800. The first-order chi connectivity index (χ1) is 7.84. The highest BCUT2D eigenvalue weighted by atomic mass is 79.9. The van der Waals surface area contributed by atoms with E-state index in [4.69, 9.17) is 0 Å². The molecule has 1 saturated heterocycles. The van der Waals surface area contributed by atoms with Crippen molar-refractivity contribution in [3.8, 4) is 0 Å². The molecule has 2 N–H and O–H groups in total. The van der Waals surface area contributed by atoms with Gasteiger partial charge in [0.1, 0.15) is 0 Å². The van der Waals surface area contributed by atoms with Gasteiger partial charge in [-0.05, 0) is 53.0 Å². The van der Waals surface area contributed by atoms with Gasteiger partial charge in [-0.1, -0.05) is 12.5 Å². The van der Waals surface area contributed by atoms with Gasteiger partial charge in [-0.3, -0.25) is 0 Å². The van der Waals surface area contributed by atoms with Gasteiger partial charge in [-0.15, -0.1) is 0 Å². The van der Waals surface area contributed by atoms with Crippen LogP contribution < -0.4 is 5.32 Å². The molecule has 3 heteroatoms. The van der Waals surface area contributed by atoms with Crippen LogP contribution in [-0.2, 0) is 0 Å². The Morgan fingerprint density at radius 2 is 2.19 bits per heavy atom. The highest BCUT2D eigenvalue weighted by Crippen LogP contribution is 2.29. The average Bonchev–Trinajstić information content (AvgIpc) is 2.72. The van der Waals surface area contributed by atoms with Crippen LogP contribution in [0.2, 0.25) is 0 Å². The minimum absolute atomic E-state index is 0.542. The van der Waals surface area contributed by atoms with Crippen LogP contribution in [0, 0.1) is 0 Å². The molecule has 0 aliphatic carbocycles. The van der Waals surface area contributed by atoms with Gasteiger partial charge in [0, 0.05) is 27.6 Å². The molecule has 1 aliphatic heterocycles. The Morgan fingerprint density at radius 3 is 3.00 bits per heavy atom. The molecule has 16 heavy (non-hydrogen) atoms. The maximum absolute atomic E-state index is 3.59. The number of benzene rings is 1. The lowest BCUT2D eigenvalue weighted by Gasteiger charge is -2.23. The molecule has 3 rings (SSSR count). The van der Waals surface area contributed by atoms with E-state index in [1.54, 1.807) is 0 Å². The van der Waals surface area contributed by atoms with Gasteiger partial charge in [-0.2, -0.15) is 0 Å². The van der Waals surface area contributed by atoms with Crippen LogP contribution in [0.15, 0.2) is 28.9 Å². The van der Waals surface area contributed by atoms with Crippen molar-refractivity contribution in [2.45, 2.75) is 25.3 Å². The van der Waals surface area contributed by atoms with Crippen molar-refractivity contribution < 1.29 is 0 Å². The summed E-state index contributed by atoms with van der Waals surface area (Å²) in [6.45, 7) is 1.15. The number of aromatic nitrogens is 1. The number of halogens is 1. The number of hydrogen-bond acceptors (Lipinski definition) is 1. The molecule has 2 nitrogen and oxygen atoms in total. The van der Waals surface area contributed by atoms with Crippen LogP contribution in [0.5, 0.6) is 0 Å². The van der Waals surface area contributed by atoms with Gasteiger partial charge in [0.2, 0.25) is 0 Å². The molecule has 1 aliphatic rings. The third-order valence-electron chi connectivity index (χ3n) is 3.37. The molecular weight excluding hydrogens is 264 g/mol. The average molecular weight is 279 g/mol. The fourth-order valence-corrected chi connectivity index (χ4v) is 2.90. The minimum atomic E-state index is 0.542. The first-order valence-electron chi connectivity index (χ1n) is 5.84. The van der Waals surface area contributed by atoms with E-state index in [1.165, 1.54) is 35.7 Å². The number of piperidine rings is 1. The lowest BCUT2D eigenvalue weighted by atomic mass is 9.97. The van der Waals surface area contributed by atoms with Crippen molar-refractivity contribution in [3.05, 3.63) is 34.4 Å². The van der Waals surface area contributed by atoms with Gasteiger partial charge in [0.25, 0.3) is 0 Å². The van der Waals surface area contributed by atoms with Crippen LogP contribution >= 0.6 is 15.9 Å². The second kappa shape index (κ2) is 4.22. The first kappa shape index (κ1) is 10.4. The fourth-order valence-electron chi connectivity index (χ4n) is 2.46. The number of fused-ring (bicyclic) bond motifs is 1. The lowest BCUT2D eigenvalue weighted by Crippen LogP contribution is -2.26. The number of nitrogens with one attached hydrogen (secondary N) is 2. The molecule has 2 heterocycles. The van der Waals surface area contributed by atoms with Crippen molar-refractivity contribution in [3.63, 3.8) is 0 Å². The van der Waals surface area contributed by atoms with Crippen molar-refractivity contribution in [2.24, 2.45) is 0 Å². The van der Waals surface area contributed by atoms with Crippen molar-refractivity contribution in [2.75, 3.05) is 6.54 Å². The number of H-pyrrole nitrogens is 1. The normalized spacial score (nSPS) is 21.4. The number of hydrogen-bond donors (Lipinski definition) is 2. The van der Waals surface area contributed by atoms with E-state index in [0.717, 1.165) is 11.0 Å². The van der Waals surface area contributed by atoms with E-state index < -0.39 is 0 Å². The third-order valence-corrected chi connectivity index (χ3v) is 4.02. The summed E-state index contributed by atoms with van der Waals surface area (Å²) < 4.78 is 1.15. The van der Waals surface area contributed by atoms with Crippen molar-refractivity contribution >= 4 is 26.8 Å². The topological polar surface area (TPSA) is 27.8 Å². The number of aromatic amines is 1. The van der Waals surface area contributed by atoms with E-state index in [1.807, 2.05) is 6.20 Å². The Bertz CT molecular complexity index is 498. The molecule has 1 aromatic carbocycles. The zero-order valence-electron chi connectivity index (χ0n) is 9.09. The molecular formula is C13H15BrN2. The number of rotatable bonds is 1. The summed E-state index contributed by atoms with van der Waals surface area (Å²) >= 11 is 3.57. The molecule has 0 spiro atoms. The van der Waals surface area contributed by atoms with Gasteiger partial charge in [0.05, 0.1) is 0 Å². The molecule has 0 saturated carbocycles. The van der Waals surface area contributed by atoms with Crippen LogP contribution in [0.25, 0.3) is 10.9 Å². The van der Waals surface area contributed by atoms with Crippen molar-refractivity contribution in [1.29, 1.82) is 0 Å². The van der Waals surface area contributed by atoms with Gasteiger partial charge in [-0.25, -0.2) is 0 Å². The Morgan fingerprint density at radius 1 is 1.25 bits per heavy atom. The van der Waals surface area contributed by atoms with Crippen LogP contribution in [0.1, 0.15) is 30.9 Å². The monoisotopic (exact) mass is 278 g/mol. The Labute approximate surface area is 104 Å². The van der Waals surface area contributed by atoms with E-state index >= 15 is 0 Å². The second-order valence-corrected chi connectivity index (χ2v) is 5.30. The van der Waals surface area contributed by atoms with Crippen LogP contribution in [-0.4, -0.2) is 11.5 Å². The fraction of sp³-hybridized carbons (Fsp3) is 0.385. The van der Waals surface area contributed by atoms with E-state index in [9.17, 15) is 0 Å². The molecule has 0 amide bonds. The predicted octanol–water partition coefficient (Wildman–Crippen LogP) is 3.75. The summed E-state index contributed by atoms with van der Waals surface area (Å²) in [6.07, 6.45) is 5.91. The molecule has 2 aromatic rings. The van der Waals surface area contributed by atoms with Gasteiger partial charge in [0.15, 0.2) is 0 Å². The van der Waals surface area contributed by atoms with Crippen LogP contribution in [0.3, 0.4) is 0 Å². The summed E-state index contributed by atoms with van der Waals surface area (Å²) in [5, 5.41) is 4.87. The van der Waals surface area contributed by atoms with Gasteiger partial charge >= 0.3 is 0 Å². The first-order valence-corrected chi connectivity index (χ1v) is 6.64. The Balaban J connectivity index is 1.99. The third kappa shape index (κ3) is 1.78. The molecule has 1 unspecified atom stereocenters. The molecule has 0 radical (unpaired) electrons. The summed E-state index contributed by atoms with van der Waals surface area (Å²) in [7, 11) is 0. The van der Waals surface area contributed by atoms with Crippen molar-refractivity contribution in [1.82, 2.24) is 10.3 Å². The second-order valence-electron chi connectivity index (χ2n) is 4.44. The molecule has 1 atom stereocenters. The summed E-state index contributed by atoms with van der Waals surface area (Å²) in [5.74, 6) is 0. The van der Waals surface area contributed by atoms with E-state index in [-0.39, 0.29) is 0 Å². The maximum Gasteiger partial charge on any atom is 0.0465 e. The summed E-state index contributed by atoms with van der Waals surface area (Å²) in [5.41, 5.74) is 2.61. The quantitative estimate of drug-likeness (QED) is 0.817. The highest BCUT2D eigenvalue weighted by molar-refractivity contribution is 9.10. The maximum atomic E-state index is 3.59. The van der Waals surface area contributed by atoms with E-state index in [2.05, 4.69) is 44.4 Å². The largest absolute Gasteiger partial charge is 0.360 e. The standard InChI is InChI=1S/C13H15BrN2/c14-11-8-16-13-5-4-9(7-10(11)13)12-3-1-2-6-15-12/h4-5,7-8,12,15-16H,1-3,6H2. The van der Waals surface area contributed by atoms with Crippen LogP contribution in [0.4, 0.5) is 0 Å².